The van der Waals surface area contributed by atoms with Gasteiger partial charge < -0.3 is 14.4 Å². The number of Topliss-reactive ketones (excluding diaryl/α,β-unsaturated/α-hetero) is 1. The number of likely N-dealkylation sites (tertiary alicyclic amines) is 1. The summed E-state index contributed by atoms with van der Waals surface area (Å²) in [6.45, 7) is 1.97. The van der Waals surface area contributed by atoms with Crippen LogP contribution in [-0.4, -0.2) is 41.9 Å². The minimum atomic E-state index is -0.847. The predicted octanol–water partition coefficient (Wildman–Crippen LogP) is 2.10. The highest BCUT2D eigenvalue weighted by Gasteiger charge is 2.67. The molecule has 26 heavy (non-hydrogen) atoms. The fourth-order valence-corrected chi connectivity index (χ4v) is 5.48. The zero-order valence-electron chi connectivity index (χ0n) is 15.1. The number of nitrogens with zero attached hydrogens (tertiary/aromatic N) is 2. The normalized spacial score (nSPS) is 32.1. The molecule has 1 saturated heterocycles. The van der Waals surface area contributed by atoms with Crippen molar-refractivity contribution in [2.45, 2.75) is 56.1 Å². The van der Waals surface area contributed by atoms with Gasteiger partial charge in [-0.2, -0.15) is 5.26 Å². The average Bonchev–Trinajstić information content (AvgIpc) is 2.61. The number of ether oxygens (including phenoxy) is 2. The first-order valence-electron chi connectivity index (χ1n) is 9.01. The molecule has 0 unspecified atom stereocenters. The highest BCUT2D eigenvalue weighted by molar-refractivity contribution is 5.83. The zero-order valence-corrected chi connectivity index (χ0v) is 15.1. The third-order valence-corrected chi connectivity index (χ3v) is 6.48. The molecule has 1 aromatic carbocycles. The lowest BCUT2D eigenvalue weighted by Crippen LogP contribution is -2.73. The van der Waals surface area contributed by atoms with Gasteiger partial charge in [0.15, 0.2) is 6.19 Å². The van der Waals surface area contributed by atoms with Gasteiger partial charge in [0.2, 0.25) is 0 Å². The molecule has 3 atom stereocenters. The molecule has 2 bridgehead atoms. The molecule has 3 aliphatic rings. The summed E-state index contributed by atoms with van der Waals surface area (Å²) in [7, 11) is 1.62. The minimum absolute atomic E-state index is 0.188. The van der Waals surface area contributed by atoms with Crippen molar-refractivity contribution in [2.75, 3.05) is 13.7 Å². The lowest BCUT2D eigenvalue weighted by Gasteiger charge is -2.63. The summed E-state index contributed by atoms with van der Waals surface area (Å²) in [5, 5.41) is 9.67. The smallest absolute Gasteiger partial charge is 0.303 e. The van der Waals surface area contributed by atoms with Crippen molar-refractivity contribution in [1.29, 1.82) is 5.26 Å². The molecule has 1 aromatic rings. The molecule has 0 amide bonds. The molecular weight excluding hydrogens is 332 g/mol. The summed E-state index contributed by atoms with van der Waals surface area (Å²) in [5.41, 5.74) is 0.710. The fraction of sp³-hybridized carbons (Fsp3) is 0.550. The van der Waals surface area contributed by atoms with E-state index in [-0.39, 0.29) is 17.8 Å². The van der Waals surface area contributed by atoms with Crippen LogP contribution >= 0.6 is 0 Å². The quantitative estimate of drug-likeness (QED) is 0.598. The Kier molecular flexibility index (Phi) is 3.72. The van der Waals surface area contributed by atoms with Gasteiger partial charge >= 0.3 is 5.97 Å². The van der Waals surface area contributed by atoms with Gasteiger partial charge in [-0.05, 0) is 42.5 Å². The molecule has 136 valence electrons. The summed E-state index contributed by atoms with van der Waals surface area (Å²) >= 11 is 0. The van der Waals surface area contributed by atoms with E-state index in [9.17, 15) is 14.9 Å². The van der Waals surface area contributed by atoms with Crippen LogP contribution in [-0.2, 0) is 26.2 Å². The molecule has 1 aliphatic heterocycles. The van der Waals surface area contributed by atoms with Crippen LogP contribution in [0.2, 0.25) is 0 Å². The molecule has 6 heteroatoms. The van der Waals surface area contributed by atoms with Gasteiger partial charge in [-0.15, -0.1) is 0 Å². The first kappa shape index (κ1) is 16.9. The highest BCUT2D eigenvalue weighted by atomic mass is 16.6. The van der Waals surface area contributed by atoms with Crippen LogP contribution in [0.3, 0.4) is 0 Å². The number of methoxy groups -OCH3 is 1. The number of benzene rings is 1. The van der Waals surface area contributed by atoms with Crippen molar-refractivity contribution >= 4 is 11.8 Å². The zero-order chi connectivity index (χ0) is 18.5. The third kappa shape index (κ3) is 2.09. The lowest BCUT2D eigenvalue weighted by molar-refractivity contribution is -0.200. The maximum absolute atomic E-state index is 12.5. The van der Waals surface area contributed by atoms with E-state index < -0.39 is 11.0 Å². The molecule has 0 radical (unpaired) electrons. The molecule has 6 nitrogen and oxygen atoms in total. The molecular formula is C20H22N2O4. The molecule has 0 aromatic heterocycles. The van der Waals surface area contributed by atoms with E-state index in [1.54, 1.807) is 12.0 Å². The molecule has 2 fully saturated rings. The van der Waals surface area contributed by atoms with Crippen molar-refractivity contribution in [3.63, 3.8) is 0 Å². The van der Waals surface area contributed by atoms with Crippen LogP contribution < -0.4 is 4.74 Å². The van der Waals surface area contributed by atoms with Crippen LogP contribution in [0.5, 0.6) is 5.75 Å². The van der Waals surface area contributed by atoms with Crippen molar-refractivity contribution in [3.05, 3.63) is 29.3 Å². The van der Waals surface area contributed by atoms with Gasteiger partial charge in [-0.25, -0.2) is 0 Å². The number of esters is 1. The SMILES string of the molecule is COc1ccc2c(c1)[C@]13CCN(C#N)[C@H](C2)[C@]1(OC(C)=O)CCC(=O)C3. The second kappa shape index (κ2) is 5.73. The van der Waals surface area contributed by atoms with E-state index in [1.165, 1.54) is 6.92 Å². The van der Waals surface area contributed by atoms with Crippen molar-refractivity contribution in [1.82, 2.24) is 4.90 Å². The lowest BCUT2D eigenvalue weighted by atomic mass is 9.49. The van der Waals surface area contributed by atoms with Crippen LogP contribution in [0.4, 0.5) is 0 Å². The number of hydrogen-bond acceptors (Lipinski definition) is 6. The number of piperidine rings is 1. The van der Waals surface area contributed by atoms with Crippen LogP contribution in [0.1, 0.15) is 43.7 Å². The van der Waals surface area contributed by atoms with E-state index >= 15 is 0 Å². The average molecular weight is 354 g/mol. The van der Waals surface area contributed by atoms with E-state index in [1.807, 2.05) is 18.2 Å². The van der Waals surface area contributed by atoms with E-state index in [2.05, 4.69) is 6.19 Å². The summed E-state index contributed by atoms with van der Waals surface area (Å²) in [6, 6.07) is 5.68. The Morgan fingerprint density at radius 2 is 2.19 bits per heavy atom. The van der Waals surface area contributed by atoms with Gasteiger partial charge in [-0.3, -0.25) is 9.59 Å². The molecule has 1 heterocycles. The van der Waals surface area contributed by atoms with E-state index in [4.69, 9.17) is 9.47 Å². The summed E-state index contributed by atoms with van der Waals surface area (Å²) < 4.78 is 11.4. The highest BCUT2D eigenvalue weighted by Crippen LogP contribution is 2.59. The molecule has 0 N–H and O–H groups in total. The van der Waals surface area contributed by atoms with Crippen molar-refractivity contribution in [3.8, 4) is 11.9 Å². The van der Waals surface area contributed by atoms with E-state index in [0.29, 0.717) is 38.6 Å². The maximum Gasteiger partial charge on any atom is 0.303 e. The Bertz CT molecular complexity index is 830. The number of nitriles is 1. The number of hydrogen-bond donors (Lipinski definition) is 0. The van der Waals surface area contributed by atoms with Crippen molar-refractivity contribution in [2.24, 2.45) is 0 Å². The topological polar surface area (TPSA) is 79.6 Å². The minimum Gasteiger partial charge on any atom is -0.497 e. The largest absolute Gasteiger partial charge is 0.497 e. The number of rotatable bonds is 2. The Hall–Kier alpha value is -2.55. The first-order chi connectivity index (χ1) is 12.5. The van der Waals surface area contributed by atoms with Gasteiger partial charge in [0.05, 0.1) is 13.2 Å². The monoisotopic (exact) mass is 354 g/mol. The molecule has 1 saturated carbocycles. The first-order valence-corrected chi connectivity index (χ1v) is 9.01. The Balaban J connectivity index is 1.99. The van der Waals surface area contributed by atoms with Gasteiger partial charge in [0.1, 0.15) is 17.1 Å². The van der Waals surface area contributed by atoms with E-state index in [0.717, 1.165) is 16.9 Å². The number of ketones is 1. The standard InChI is InChI=1S/C20H22N2O4/c1-13(23)26-20-6-5-15(24)11-19(20)7-8-22(12-21)18(20)9-14-3-4-16(25-2)10-17(14)19/h3-4,10,18H,5-9,11H2,1-2H3/t18-,19-,20-/m1/s1. The maximum atomic E-state index is 12.5. The Morgan fingerprint density at radius 1 is 1.38 bits per heavy atom. The second-order valence-electron chi connectivity index (χ2n) is 7.57. The van der Waals surface area contributed by atoms with Gasteiger partial charge in [0, 0.05) is 31.7 Å². The number of fused-ring (bicyclic) bond motifs is 1. The fourth-order valence-electron chi connectivity index (χ4n) is 5.48. The Labute approximate surface area is 152 Å². The summed E-state index contributed by atoms with van der Waals surface area (Å²) in [4.78, 5) is 26.3. The predicted molar refractivity (Wildman–Crippen MR) is 92.5 cm³/mol. The third-order valence-electron chi connectivity index (χ3n) is 6.48. The molecule has 0 spiro atoms. The summed E-state index contributed by atoms with van der Waals surface area (Å²) in [6.07, 6.45) is 4.70. The molecule has 4 rings (SSSR count). The van der Waals surface area contributed by atoms with Crippen LogP contribution in [0.25, 0.3) is 0 Å². The van der Waals surface area contributed by atoms with Crippen LogP contribution in [0.15, 0.2) is 18.2 Å². The Morgan fingerprint density at radius 3 is 2.88 bits per heavy atom. The molecule has 2 aliphatic carbocycles. The number of carbonyl (C=O) groups is 2. The van der Waals surface area contributed by atoms with Gasteiger partial charge in [-0.1, -0.05) is 6.07 Å². The summed E-state index contributed by atoms with van der Waals surface area (Å²) in [5.74, 6) is 0.557. The van der Waals surface area contributed by atoms with Crippen LogP contribution in [0, 0.1) is 11.5 Å². The second-order valence-corrected chi connectivity index (χ2v) is 7.57. The van der Waals surface area contributed by atoms with Crippen molar-refractivity contribution < 1.29 is 19.1 Å². The van der Waals surface area contributed by atoms with Gasteiger partial charge in [0.25, 0.3) is 0 Å². The number of carbonyl (C=O) groups excluding carboxylic acids is 2.